The van der Waals surface area contributed by atoms with Gasteiger partial charge < -0.3 is 10.0 Å². The molecule has 2 aromatic heterocycles. The summed E-state index contributed by atoms with van der Waals surface area (Å²) in [6.45, 7) is 1.78. The van der Waals surface area contributed by atoms with Crippen molar-refractivity contribution in [3.05, 3.63) is 36.3 Å². The number of hydrogen-bond acceptors (Lipinski definition) is 4. The average Bonchev–Trinajstić information content (AvgIpc) is 3.06. The van der Waals surface area contributed by atoms with Crippen LogP contribution >= 0.6 is 0 Å². The van der Waals surface area contributed by atoms with E-state index >= 15 is 0 Å². The minimum Gasteiger partial charge on any atom is -0.393 e. The first-order valence-corrected chi connectivity index (χ1v) is 7.93. The first-order valence-electron chi connectivity index (χ1n) is 7.93. The van der Waals surface area contributed by atoms with Crippen molar-refractivity contribution in [2.45, 2.75) is 31.9 Å². The molecule has 0 radical (unpaired) electrons. The van der Waals surface area contributed by atoms with Gasteiger partial charge in [0.05, 0.1) is 11.8 Å². The van der Waals surface area contributed by atoms with E-state index in [1.165, 1.54) is 5.56 Å². The molecule has 3 rings (SSSR count). The van der Waals surface area contributed by atoms with E-state index in [1.807, 2.05) is 23.9 Å². The van der Waals surface area contributed by atoms with Crippen LogP contribution in [0.2, 0.25) is 0 Å². The molecule has 1 saturated carbocycles. The normalized spacial score (nSPS) is 21.6. The third-order valence-electron chi connectivity index (χ3n) is 4.46. The Morgan fingerprint density at radius 3 is 2.77 bits per heavy atom. The number of aryl methyl sites for hydroxylation is 1. The molecule has 1 aliphatic rings. The Morgan fingerprint density at radius 2 is 2.09 bits per heavy atom. The zero-order valence-electron chi connectivity index (χ0n) is 13.3. The number of hydrogen-bond donors (Lipinski definition) is 1. The first-order chi connectivity index (χ1) is 10.6. The van der Waals surface area contributed by atoms with Gasteiger partial charge in [0.2, 0.25) is 0 Å². The lowest BCUT2D eigenvalue weighted by atomic mass is 10.0. The van der Waals surface area contributed by atoms with E-state index in [4.69, 9.17) is 0 Å². The monoisotopic (exact) mass is 300 g/mol. The Kier molecular flexibility index (Phi) is 4.55. The van der Waals surface area contributed by atoms with Crippen LogP contribution in [0.5, 0.6) is 0 Å². The maximum absolute atomic E-state index is 9.99. The SMILES string of the molecule is CN(Cc1cn(C)nc1-c1ccncc1)CC1CCCC1O. The third-order valence-corrected chi connectivity index (χ3v) is 4.46. The van der Waals surface area contributed by atoms with Crippen LogP contribution in [-0.4, -0.2) is 44.5 Å². The summed E-state index contributed by atoms with van der Waals surface area (Å²) in [6.07, 6.45) is 8.78. The van der Waals surface area contributed by atoms with E-state index in [-0.39, 0.29) is 6.10 Å². The van der Waals surface area contributed by atoms with Gasteiger partial charge in [-0.2, -0.15) is 5.10 Å². The van der Waals surface area contributed by atoms with Crippen molar-refractivity contribution in [1.82, 2.24) is 19.7 Å². The zero-order chi connectivity index (χ0) is 15.5. The van der Waals surface area contributed by atoms with Crippen molar-refractivity contribution in [1.29, 1.82) is 0 Å². The average molecular weight is 300 g/mol. The van der Waals surface area contributed by atoms with Gasteiger partial charge in [-0.1, -0.05) is 6.42 Å². The molecular formula is C17H24N4O. The summed E-state index contributed by atoms with van der Waals surface area (Å²) in [5.74, 6) is 0.408. The topological polar surface area (TPSA) is 54.2 Å². The predicted molar refractivity (Wildman–Crippen MR) is 86.1 cm³/mol. The molecule has 2 aromatic rings. The van der Waals surface area contributed by atoms with Crippen molar-refractivity contribution in [2.75, 3.05) is 13.6 Å². The number of aliphatic hydroxyl groups is 1. The molecule has 22 heavy (non-hydrogen) atoms. The number of aromatic nitrogens is 3. The zero-order valence-corrected chi connectivity index (χ0v) is 13.3. The standard InChI is InChI=1S/C17H24N4O/c1-20(10-14-4-3-5-16(14)22)11-15-12-21(2)19-17(15)13-6-8-18-9-7-13/h6-9,12,14,16,22H,3-5,10-11H2,1-2H3. The number of aliphatic hydroxyl groups excluding tert-OH is 1. The van der Waals surface area contributed by atoms with Gasteiger partial charge in [0, 0.05) is 49.9 Å². The molecule has 1 aliphatic carbocycles. The maximum Gasteiger partial charge on any atom is 0.0969 e. The highest BCUT2D eigenvalue weighted by Crippen LogP contribution is 2.27. The van der Waals surface area contributed by atoms with Crippen LogP contribution in [0.1, 0.15) is 24.8 Å². The van der Waals surface area contributed by atoms with Gasteiger partial charge in [-0.15, -0.1) is 0 Å². The van der Waals surface area contributed by atoms with E-state index in [9.17, 15) is 5.11 Å². The smallest absolute Gasteiger partial charge is 0.0969 e. The van der Waals surface area contributed by atoms with Gasteiger partial charge in [0.1, 0.15) is 0 Å². The Bertz CT molecular complexity index is 610. The molecule has 2 unspecified atom stereocenters. The van der Waals surface area contributed by atoms with E-state index < -0.39 is 0 Å². The molecule has 0 saturated heterocycles. The second-order valence-corrected chi connectivity index (χ2v) is 6.37. The van der Waals surface area contributed by atoms with Crippen LogP contribution in [-0.2, 0) is 13.6 Å². The molecule has 0 aromatic carbocycles. The van der Waals surface area contributed by atoms with Crippen LogP contribution in [0, 0.1) is 5.92 Å². The van der Waals surface area contributed by atoms with Gasteiger partial charge in [0.15, 0.2) is 0 Å². The van der Waals surface area contributed by atoms with Crippen LogP contribution < -0.4 is 0 Å². The highest BCUT2D eigenvalue weighted by molar-refractivity contribution is 5.61. The molecule has 2 atom stereocenters. The Labute approximate surface area is 131 Å². The number of pyridine rings is 1. The molecule has 5 nitrogen and oxygen atoms in total. The van der Waals surface area contributed by atoms with Crippen molar-refractivity contribution in [2.24, 2.45) is 13.0 Å². The lowest BCUT2D eigenvalue weighted by Crippen LogP contribution is -2.29. The minimum absolute atomic E-state index is 0.129. The molecule has 0 amide bonds. The summed E-state index contributed by atoms with van der Waals surface area (Å²) in [6, 6.07) is 3.99. The summed E-state index contributed by atoms with van der Waals surface area (Å²) in [5.41, 5.74) is 3.33. The molecule has 1 N–H and O–H groups in total. The lowest BCUT2D eigenvalue weighted by Gasteiger charge is -2.23. The minimum atomic E-state index is -0.129. The molecule has 2 heterocycles. The molecule has 0 bridgehead atoms. The summed E-state index contributed by atoms with van der Waals surface area (Å²) < 4.78 is 1.86. The van der Waals surface area contributed by atoms with Crippen molar-refractivity contribution in [3.8, 4) is 11.3 Å². The summed E-state index contributed by atoms with van der Waals surface area (Å²) >= 11 is 0. The van der Waals surface area contributed by atoms with Gasteiger partial charge in [-0.25, -0.2) is 0 Å². The Hall–Kier alpha value is -1.72. The van der Waals surface area contributed by atoms with Gasteiger partial charge in [-0.3, -0.25) is 9.67 Å². The summed E-state index contributed by atoms with van der Waals surface area (Å²) in [7, 11) is 4.07. The third kappa shape index (κ3) is 3.36. The van der Waals surface area contributed by atoms with Crippen LogP contribution in [0.4, 0.5) is 0 Å². The van der Waals surface area contributed by atoms with Crippen molar-refractivity contribution < 1.29 is 5.11 Å². The van der Waals surface area contributed by atoms with E-state index in [1.54, 1.807) is 12.4 Å². The fourth-order valence-corrected chi connectivity index (χ4v) is 3.39. The number of rotatable bonds is 5. The van der Waals surface area contributed by atoms with Gasteiger partial charge >= 0.3 is 0 Å². The van der Waals surface area contributed by atoms with Crippen molar-refractivity contribution in [3.63, 3.8) is 0 Å². The van der Waals surface area contributed by atoms with Crippen LogP contribution in [0.3, 0.4) is 0 Å². The fourth-order valence-electron chi connectivity index (χ4n) is 3.39. The Balaban J connectivity index is 1.72. The van der Waals surface area contributed by atoms with E-state index in [2.05, 4.69) is 28.2 Å². The van der Waals surface area contributed by atoms with Gasteiger partial charge in [-0.05, 0) is 37.9 Å². The van der Waals surface area contributed by atoms with Crippen LogP contribution in [0.25, 0.3) is 11.3 Å². The van der Waals surface area contributed by atoms with E-state index in [0.717, 1.165) is 43.6 Å². The molecular weight excluding hydrogens is 276 g/mol. The molecule has 5 heteroatoms. The van der Waals surface area contributed by atoms with Crippen LogP contribution in [0.15, 0.2) is 30.7 Å². The second-order valence-electron chi connectivity index (χ2n) is 6.37. The molecule has 1 fully saturated rings. The summed E-state index contributed by atoms with van der Waals surface area (Å²) in [5, 5.41) is 14.6. The number of nitrogens with zero attached hydrogens (tertiary/aromatic N) is 4. The Morgan fingerprint density at radius 1 is 1.32 bits per heavy atom. The largest absolute Gasteiger partial charge is 0.393 e. The maximum atomic E-state index is 9.99. The quantitative estimate of drug-likeness (QED) is 0.918. The lowest BCUT2D eigenvalue weighted by molar-refractivity contribution is 0.108. The second kappa shape index (κ2) is 6.58. The van der Waals surface area contributed by atoms with Crippen molar-refractivity contribution >= 4 is 0 Å². The molecule has 0 aliphatic heterocycles. The summed E-state index contributed by atoms with van der Waals surface area (Å²) in [4.78, 5) is 6.36. The highest BCUT2D eigenvalue weighted by atomic mass is 16.3. The molecule has 0 spiro atoms. The first kappa shape index (κ1) is 15.2. The van der Waals surface area contributed by atoms with Gasteiger partial charge in [0.25, 0.3) is 0 Å². The van der Waals surface area contributed by atoms with E-state index in [0.29, 0.717) is 5.92 Å². The fraction of sp³-hybridized carbons (Fsp3) is 0.529. The predicted octanol–water partition coefficient (Wildman–Crippen LogP) is 2.07. The highest BCUT2D eigenvalue weighted by Gasteiger charge is 2.26. The molecule has 118 valence electrons.